The normalized spacial score (nSPS) is 23.9. The van der Waals surface area contributed by atoms with Gasteiger partial charge >= 0.3 is 0 Å². The maximum Gasteiger partial charge on any atom is 0.225 e. The van der Waals surface area contributed by atoms with Gasteiger partial charge < -0.3 is 16.2 Å². The van der Waals surface area contributed by atoms with Gasteiger partial charge in [-0.25, -0.2) is 4.98 Å². The molecule has 2 atom stereocenters. The molecule has 17 heavy (non-hydrogen) atoms. The van der Waals surface area contributed by atoms with Crippen LogP contribution in [0.1, 0.15) is 19.3 Å². The zero-order chi connectivity index (χ0) is 12.3. The van der Waals surface area contributed by atoms with E-state index < -0.39 is 0 Å². The van der Waals surface area contributed by atoms with Gasteiger partial charge in [0.25, 0.3) is 0 Å². The molecule has 0 saturated heterocycles. The summed E-state index contributed by atoms with van der Waals surface area (Å²) in [5.41, 5.74) is 5.64. The molecule has 0 aliphatic heterocycles. The second-order valence-electron chi connectivity index (χ2n) is 4.45. The fraction of sp³-hybridized carbons (Fsp3) is 0.636. The molecule has 0 spiro atoms. The Kier molecular flexibility index (Phi) is 4.17. The zero-order valence-corrected chi connectivity index (χ0v) is 11.2. The number of nitrogens with one attached hydrogen (secondary N) is 1. The van der Waals surface area contributed by atoms with Gasteiger partial charge in [0.1, 0.15) is 10.4 Å². The van der Waals surface area contributed by atoms with Gasteiger partial charge in [-0.1, -0.05) is 6.42 Å². The van der Waals surface area contributed by atoms with Crippen LogP contribution in [0.15, 0.2) is 10.7 Å². The highest BCUT2D eigenvalue weighted by Gasteiger charge is 2.26. The monoisotopic (exact) mass is 300 g/mol. The van der Waals surface area contributed by atoms with E-state index in [1.165, 1.54) is 6.42 Å². The Hall–Kier alpha value is -0.880. The molecule has 0 aromatic carbocycles. The Balaban J connectivity index is 1.93. The molecule has 1 aromatic rings. The minimum atomic E-state index is 0.272. The highest BCUT2D eigenvalue weighted by Crippen LogP contribution is 2.31. The maximum absolute atomic E-state index is 9.24. The van der Waals surface area contributed by atoms with Crippen molar-refractivity contribution in [3.8, 4) is 0 Å². The minimum absolute atomic E-state index is 0.272. The summed E-state index contributed by atoms with van der Waals surface area (Å²) < 4.78 is 0.678. The third-order valence-electron chi connectivity index (χ3n) is 3.29. The molecule has 1 heterocycles. The number of halogens is 1. The van der Waals surface area contributed by atoms with Crippen molar-refractivity contribution in [3.63, 3.8) is 0 Å². The van der Waals surface area contributed by atoms with E-state index in [4.69, 9.17) is 5.73 Å². The Morgan fingerprint density at radius 2 is 2.18 bits per heavy atom. The summed E-state index contributed by atoms with van der Waals surface area (Å²) >= 11 is 3.28. The molecule has 1 aliphatic rings. The smallest absolute Gasteiger partial charge is 0.225 e. The number of anilines is 2. The first kappa shape index (κ1) is 12.6. The van der Waals surface area contributed by atoms with Gasteiger partial charge in [-0.05, 0) is 40.6 Å². The number of aromatic nitrogens is 2. The number of rotatable bonds is 4. The largest absolute Gasteiger partial charge is 0.396 e. The van der Waals surface area contributed by atoms with Crippen LogP contribution >= 0.6 is 15.9 Å². The van der Waals surface area contributed by atoms with Crippen LogP contribution in [-0.4, -0.2) is 28.2 Å². The lowest BCUT2D eigenvalue weighted by Crippen LogP contribution is -2.21. The molecule has 5 nitrogen and oxygen atoms in total. The molecule has 1 saturated carbocycles. The molecule has 1 aliphatic carbocycles. The number of nitrogen functional groups attached to an aromatic ring is 1. The standard InChI is InChI=1S/C11H17BrN4O/c12-9-4-10(13)16-11(15-9)14-5-7-2-1-3-8(7)6-17/h4,7-8,17H,1-3,5-6H2,(H3,13,14,15,16). The first-order valence-corrected chi connectivity index (χ1v) is 6.63. The van der Waals surface area contributed by atoms with E-state index in [2.05, 4.69) is 31.2 Å². The molecule has 1 aromatic heterocycles. The van der Waals surface area contributed by atoms with Crippen molar-refractivity contribution in [2.75, 3.05) is 24.2 Å². The molecule has 2 unspecified atom stereocenters. The van der Waals surface area contributed by atoms with Gasteiger partial charge in [-0.3, -0.25) is 0 Å². The van der Waals surface area contributed by atoms with Crippen molar-refractivity contribution in [2.24, 2.45) is 11.8 Å². The van der Waals surface area contributed by atoms with E-state index in [1.54, 1.807) is 6.07 Å². The van der Waals surface area contributed by atoms with Crippen LogP contribution in [0.25, 0.3) is 0 Å². The molecule has 0 amide bonds. The summed E-state index contributed by atoms with van der Waals surface area (Å²) in [5.74, 6) is 1.90. The molecule has 4 N–H and O–H groups in total. The van der Waals surface area contributed by atoms with Gasteiger partial charge in [-0.15, -0.1) is 0 Å². The number of aliphatic hydroxyl groups is 1. The molecular weight excluding hydrogens is 284 g/mol. The van der Waals surface area contributed by atoms with Gasteiger partial charge in [0, 0.05) is 19.2 Å². The van der Waals surface area contributed by atoms with Crippen LogP contribution < -0.4 is 11.1 Å². The number of hydrogen-bond donors (Lipinski definition) is 3. The van der Waals surface area contributed by atoms with E-state index in [9.17, 15) is 5.11 Å². The van der Waals surface area contributed by atoms with Crippen LogP contribution in [0.3, 0.4) is 0 Å². The first-order valence-electron chi connectivity index (χ1n) is 5.84. The van der Waals surface area contributed by atoms with Gasteiger partial charge in [0.15, 0.2) is 0 Å². The lowest BCUT2D eigenvalue weighted by molar-refractivity contribution is 0.199. The molecule has 1 fully saturated rings. The van der Waals surface area contributed by atoms with Crippen molar-refractivity contribution in [3.05, 3.63) is 10.7 Å². The van der Waals surface area contributed by atoms with Gasteiger partial charge in [-0.2, -0.15) is 4.98 Å². The molecule has 94 valence electrons. The van der Waals surface area contributed by atoms with E-state index in [0.29, 0.717) is 28.2 Å². The summed E-state index contributed by atoms with van der Waals surface area (Å²) in [6.07, 6.45) is 3.46. The zero-order valence-electron chi connectivity index (χ0n) is 9.56. The van der Waals surface area contributed by atoms with E-state index in [1.807, 2.05) is 0 Å². The fourth-order valence-electron chi connectivity index (χ4n) is 2.36. The second kappa shape index (κ2) is 5.64. The SMILES string of the molecule is Nc1cc(Br)nc(NCC2CCCC2CO)n1. The van der Waals surface area contributed by atoms with Crippen LogP contribution in [0.5, 0.6) is 0 Å². The average molecular weight is 301 g/mol. The van der Waals surface area contributed by atoms with Crippen LogP contribution in [-0.2, 0) is 0 Å². The first-order chi connectivity index (χ1) is 8.19. The number of nitrogens with zero attached hydrogens (tertiary/aromatic N) is 2. The van der Waals surface area contributed by atoms with Crippen molar-refractivity contribution in [1.29, 1.82) is 0 Å². The Bertz CT molecular complexity index is 367. The number of nitrogens with two attached hydrogens (primary N) is 1. The topological polar surface area (TPSA) is 84.1 Å². The van der Waals surface area contributed by atoms with Crippen LogP contribution in [0, 0.1) is 11.8 Å². The van der Waals surface area contributed by atoms with E-state index in [-0.39, 0.29) is 6.61 Å². The van der Waals surface area contributed by atoms with Crippen molar-refractivity contribution in [2.45, 2.75) is 19.3 Å². The third kappa shape index (κ3) is 3.29. The van der Waals surface area contributed by atoms with Crippen molar-refractivity contribution >= 4 is 27.7 Å². The molecular formula is C11H17BrN4O. The highest BCUT2D eigenvalue weighted by atomic mass is 79.9. The molecule has 0 radical (unpaired) electrons. The Morgan fingerprint density at radius 1 is 1.41 bits per heavy atom. The fourth-order valence-corrected chi connectivity index (χ4v) is 2.76. The summed E-state index contributed by atoms with van der Waals surface area (Å²) in [4.78, 5) is 8.31. The summed E-state index contributed by atoms with van der Waals surface area (Å²) in [6.45, 7) is 1.06. The predicted octanol–water partition coefficient (Wildman–Crippen LogP) is 1.64. The lowest BCUT2D eigenvalue weighted by atomic mass is 9.97. The van der Waals surface area contributed by atoms with E-state index >= 15 is 0 Å². The van der Waals surface area contributed by atoms with Crippen LogP contribution in [0.4, 0.5) is 11.8 Å². The maximum atomic E-state index is 9.24. The van der Waals surface area contributed by atoms with E-state index in [0.717, 1.165) is 19.4 Å². The third-order valence-corrected chi connectivity index (χ3v) is 3.69. The number of aliphatic hydroxyl groups excluding tert-OH is 1. The van der Waals surface area contributed by atoms with Gasteiger partial charge in [0.05, 0.1) is 0 Å². The Labute approximate surface area is 109 Å². The molecule has 0 bridgehead atoms. The molecule has 2 rings (SSSR count). The summed E-state index contributed by atoms with van der Waals surface area (Å²) in [6, 6.07) is 1.66. The lowest BCUT2D eigenvalue weighted by Gasteiger charge is -2.17. The Morgan fingerprint density at radius 3 is 2.88 bits per heavy atom. The number of hydrogen-bond acceptors (Lipinski definition) is 5. The van der Waals surface area contributed by atoms with Crippen molar-refractivity contribution in [1.82, 2.24) is 9.97 Å². The highest BCUT2D eigenvalue weighted by molar-refractivity contribution is 9.10. The minimum Gasteiger partial charge on any atom is -0.396 e. The van der Waals surface area contributed by atoms with Crippen LogP contribution in [0.2, 0.25) is 0 Å². The summed E-state index contributed by atoms with van der Waals surface area (Å²) in [5, 5.41) is 12.4. The predicted molar refractivity (Wildman–Crippen MR) is 70.6 cm³/mol. The quantitative estimate of drug-likeness (QED) is 0.736. The van der Waals surface area contributed by atoms with Crippen molar-refractivity contribution < 1.29 is 5.11 Å². The molecule has 6 heteroatoms. The summed E-state index contributed by atoms with van der Waals surface area (Å²) in [7, 11) is 0. The average Bonchev–Trinajstić information content (AvgIpc) is 2.72. The van der Waals surface area contributed by atoms with Gasteiger partial charge in [0.2, 0.25) is 5.95 Å². The second-order valence-corrected chi connectivity index (χ2v) is 5.27.